The predicted octanol–water partition coefficient (Wildman–Crippen LogP) is 5.24. The molecule has 1 fully saturated rings. The van der Waals surface area contributed by atoms with Crippen LogP contribution in [0.25, 0.3) is 26.3 Å². The lowest BCUT2D eigenvalue weighted by Gasteiger charge is -2.13. The highest BCUT2D eigenvalue weighted by molar-refractivity contribution is 7.99. The summed E-state index contributed by atoms with van der Waals surface area (Å²) in [5.74, 6) is 1.42. The molecule has 0 saturated carbocycles. The fourth-order valence-corrected chi connectivity index (χ4v) is 5.72. The van der Waals surface area contributed by atoms with Crippen LogP contribution in [0.4, 0.5) is 0 Å². The van der Waals surface area contributed by atoms with Gasteiger partial charge in [0, 0.05) is 17.2 Å². The number of rotatable bonds is 5. The normalized spacial score (nSPS) is 16.5. The summed E-state index contributed by atoms with van der Waals surface area (Å²) in [5.41, 5.74) is 1.95. The largest absolute Gasteiger partial charge is 0.381 e. The molecule has 1 unspecified atom stereocenters. The van der Waals surface area contributed by atoms with Gasteiger partial charge in [0.25, 0.3) is 5.56 Å². The van der Waals surface area contributed by atoms with Crippen molar-refractivity contribution in [2.75, 3.05) is 19.0 Å². The number of para-hydroxylation sites is 1. The monoisotopic (exact) mass is 420 g/mol. The molecule has 0 radical (unpaired) electrons. The van der Waals surface area contributed by atoms with Crippen LogP contribution in [0, 0.1) is 5.92 Å². The number of hydrogen-bond acceptors (Lipinski definition) is 5. The average molecular weight is 421 g/mol. The van der Waals surface area contributed by atoms with Gasteiger partial charge in [0.1, 0.15) is 4.83 Å². The number of aromatic nitrogens is 2. The van der Waals surface area contributed by atoms with Gasteiger partial charge in [0.2, 0.25) is 0 Å². The molecular weight excluding hydrogens is 400 g/mol. The van der Waals surface area contributed by atoms with Crippen LogP contribution in [-0.4, -0.2) is 28.5 Å². The Hall–Kier alpha value is -2.41. The van der Waals surface area contributed by atoms with Gasteiger partial charge in [0.05, 0.1) is 17.7 Å². The topological polar surface area (TPSA) is 44.1 Å². The molecule has 0 bridgehead atoms. The van der Waals surface area contributed by atoms with Crippen LogP contribution in [0.3, 0.4) is 0 Å². The minimum absolute atomic E-state index is 0.00944. The summed E-state index contributed by atoms with van der Waals surface area (Å²) >= 11 is 3.23. The molecule has 3 heterocycles. The molecule has 5 rings (SSSR count). The SMILES string of the molecule is O=c1c2cc(-c3ccccc3)sc2nc(SCC2CCOC2)n1-c1ccccc1. The zero-order valence-electron chi connectivity index (χ0n) is 15.8. The molecule has 2 aromatic heterocycles. The fraction of sp³-hybridized carbons (Fsp3) is 0.217. The Kier molecular flexibility index (Phi) is 5.23. The number of thiophene rings is 1. The molecule has 4 aromatic rings. The van der Waals surface area contributed by atoms with E-state index in [2.05, 4.69) is 12.1 Å². The standard InChI is InChI=1S/C23H20N2O2S2/c26-22-19-13-20(17-7-3-1-4-8-17)29-21(19)24-23(28-15-16-11-12-27-14-16)25(22)18-9-5-2-6-10-18/h1-10,13,16H,11-12,14-15H2. The van der Waals surface area contributed by atoms with Crippen molar-refractivity contribution in [2.45, 2.75) is 11.6 Å². The van der Waals surface area contributed by atoms with Crippen molar-refractivity contribution in [1.82, 2.24) is 9.55 Å². The van der Waals surface area contributed by atoms with Crippen molar-refractivity contribution in [1.29, 1.82) is 0 Å². The number of fused-ring (bicyclic) bond motifs is 1. The molecule has 0 amide bonds. The quantitative estimate of drug-likeness (QED) is 0.327. The van der Waals surface area contributed by atoms with Crippen LogP contribution >= 0.6 is 23.1 Å². The second-order valence-electron chi connectivity index (χ2n) is 7.11. The van der Waals surface area contributed by atoms with Gasteiger partial charge in [-0.25, -0.2) is 4.98 Å². The first-order chi connectivity index (χ1) is 14.3. The summed E-state index contributed by atoms with van der Waals surface area (Å²) in [5, 5.41) is 1.42. The molecule has 1 aliphatic heterocycles. The minimum atomic E-state index is -0.00944. The van der Waals surface area contributed by atoms with E-state index in [-0.39, 0.29) is 5.56 Å². The van der Waals surface area contributed by atoms with Crippen molar-refractivity contribution in [3.63, 3.8) is 0 Å². The smallest absolute Gasteiger partial charge is 0.267 e. The Balaban J connectivity index is 1.63. The molecule has 0 N–H and O–H groups in total. The molecule has 1 aliphatic rings. The average Bonchev–Trinajstić information content (AvgIpc) is 3.44. The Bertz CT molecular complexity index is 1180. The lowest BCUT2D eigenvalue weighted by Crippen LogP contribution is -2.21. The van der Waals surface area contributed by atoms with E-state index in [0.717, 1.165) is 51.5 Å². The number of nitrogens with zero attached hydrogens (tertiary/aromatic N) is 2. The van der Waals surface area contributed by atoms with Crippen LogP contribution in [0.2, 0.25) is 0 Å². The van der Waals surface area contributed by atoms with E-state index in [4.69, 9.17) is 9.72 Å². The molecule has 0 spiro atoms. The van der Waals surface area contributed by atoms with Gasteiger partial charge in [-0.05, 0) is 36.1 Å². The van der Waals surface area contributed by atoms with E-state index in [1.807, 2.05) is 54.6 Å². The van der Waals surface area contributed by atoms with Crippen molar-refractivity contribution in [2.24, 2.45) is 5.92 Å². The maximum absolute atomic E-state index is 13.5. The highest BCUT2D eigenvalue weighted by Crippen LogP contribution is 2.33. The molecule has 2 aromatic carbocycles. The number of hydrogen-bond donors (Lipinski definition) is 0. The maximum atomic E-state index is 13.5. The molecular formula is C23H20N2O2S2. The van der Waals surface area contributed by atoms with E-state index in [9.17, 15) is 4.79 Å². The van der Waals surface area contributed by atoms with Gasteiger partial charge < -0.3 is 4.74 Å². The van der Waals surface area contributed by atoms with E-state index in [1.165, 1.54) is 0 Å². The third kappa shape index (κ3) is 3.75. The Morgan fingerprint density at radius 1 is 1.10 bits per heavy atom. The van der Waals surface area contributed by atoms with Gasteiger partial charge in [-0.2, -0.15) is 0 Å². The van der Waals surface area contributed by atoms with Crippen LogP contribution in [0.5, 0.6) is 0 Å². The van der Waals surface area contributed by atoms with Crippen molar-refractivity contribution in [3.05, 3.63) is 77.1 Å². The van der Waals surface area contributed by atoms with E-state index in [1.54, 1.807) is 27.7 Å². The lowest BCUT2D eigenvalue weighted by atomic mass is 10.2. The highest BCUT2D eigenvalue weighted by Gasteiger charge is 2.20. The second-order valence-corrected chi connectivity index (χ2v) is 9.12. The van der Waals surface area contributed by atoms with Gasteiger partial charge in [0.15, 0.2) is 5.16 Å². The molecule has 1 atom stereocenters. The summed E-state index contributed by atoms with van der Waals surface area (Å²) in [6, 6.07) is 21.9. The van der Waals surface area contributed by atoms with Gasteiger partial charge in [-0.1, -0.05) is 60.3 Å². The summed E-state index contributed by atoms with van der Waals surface area (Å²) in [6.07, 6.45) is 1.07. The van der Waals surface area contributed by atoms with Crippen LogP contribution in [-0.2, 0) is 4.74 Å². The Morgan fingerprint density at radius 2 is 1.86 bits per heavy atom. The maximum Gasteiger partial charge on any atom is 0.267 e. The van der Waals surface area contributed by atoms with E-state index in [0.29, 0.717) is 11.3 Å². The van der Waals surface area contributed by atoms with Gasteiger partial charge in [-0.3, -0.25) is 9.36 Å². The van der Waals surface area contributed by atoms with Gasteiger partial charge >= 0.3 is 0 Å². The predicted molar refractivity (Wildman–Crippen MR) is 120 cm³/mol. The summed E-state index contributed by atoms with van der Waals surface area (Å²) < 4.78 is 7.26. The van der Waals surface area contributed by atoms with Crippen LogP contribution < -0.4 is 5.56 Å². The highest BCUT2D eigenvalue weighted by atomic mass is 32.2. The molecule has 146 valence electrons. The number of ether oxygens (including phenoxy) is 1. The zero-order valence-corrected chi connectivity index (χ0v) is 17.4. The molecule has 1 saturated heterocycles. The third-order valence-electron chi connectivity index (χ3n) is 5.08. The van der Waals surface area contributed by atoms with Crippen molar-refractivity contribution >= 4 is 33.3 Å². The number of benzene rings is 2. The molecule has 6 heteroatoms. The Morgan fingerprint density at radius 3 is 2.59 bits per heavy atom. The summed E-state index contributed by atoms with van der Waals surface area (Å²) in [6.45, 7) is 1.62. The minimum Gasteiger partial charge on any atom is -0.381 e. The molecule has 4 nitrogen and oxygen atoms in total. The van der Waals surface area contributed by atoms with E-state index < -0.39 is 0 Å². The molecule has 29 heavy (non-hydrogen) atoms. The third-order valence-corrected chi connectivity index (χ3v) is 7.33. The van der Waals surface area contributed by atoms with Crippen molar-refractivity contribution < 1.29 is 4.74 Å². The fourth-order valence-electron chi connectivity index (χ4n) is 3.52. The zero-order chi connectivity index (χ0) is 19.6. The lowest BCUT2D eigenvalue weighted by molar-refractivity contribution is 0.189. The summed E-state index contributed by atoms with van der Waals surface area (Å²) in [7, 11) is 0. The van der Waals surface area contributed by atoms with Crippen molar-refractivity contribution in [3.8, 4) is 16.1 Å². The number of thioether (sulfide) groups is 1. The second kappa shape index (κ2) is 8.14. The first-order valence-electron chi connectivity index (χ1n) is 9.67. The Labute approximate surface area is 177 Å². The summed E-state index contributed by atoms with van der Waals surface area (Å²) in [4.78, 5) is 20.3. The first-order valence-corrected chi connectivity index (χ1v) is 11.5. The first kappa shape index (κ1) is 18.6. The van der Waals surface area contributed by atoms with Gasteiger partial charge in [-0.15, -0.1) is 11.3 Å². The van der Waals surface area contributed by atoms with Crippen LogP contribution in [0.15, 0.2) is 76.7 Å². The van der Waals surface area contributed by atoms with E-state index >= 15 is 0 Å². The molecule has 0 aliphatic carbocycles. The van der Waals surface area contributed by atoms with Crippen LogP contribution in [0.1, 0.15) is 6.42 Å².